The molecule has 106 valence electrons. The zero-order valence-electron chi connectivity index (χ0n) is 10.7. The molecule has 8 heteroatoms. The summed E-state index contributed by atoms with van der Waals surface area (Å²) in [6, 6.07) is 6.61. The first kappa shape index (κ1) is 14.0. The van der Waals surface area contributed by atoms with Crippen LogP contribution in [0.4, 0.5) is 0 Å². The minimum atomic E-state index is -0.664. The molecule has 3 aromatic rings. The standard InChI is InChI=1S/C13H8BrClN4O2/c1-7-4-5-16-13-17-11(18-19(7)13)12(20)21-10-3-2-8(15)6-9(10)14/h2-6H,1H3. The van der Waals surface area contributed by atoms with Gasteiger partial charge in [-0.2, -0.15) is 4.98 Å². The third kappa shape index (κ3) is 2.74. The predicted octanol–water partition coefficient (Wildman–Crippen LogP) is 3.07. The summed E-state index contributed by atoms with van der Waals surface area (Å²) in [6.45, 7) is 1.84. The van der Waals surface area contributed by atoms with Crippen molar-refractivity contribution in [1.82, 2.24) is 19.6 Å². The van der Waals surface area contributed by atoms with E-state index in [4.69, 9.17) is 16.3 Å². The Hall–Kier alpha value is -1.99. The third-order valence-electron chi connectivity index (χ3n) is 2.71. The topological polar surface area (TPSA) is 69.4 Å². The molecule has 0 aliphatic rings. The molecule has 0 unspecified atom stereocenters. The van der Waals surface area contributed by atoms with Crippen LogP contribution in [0.2, 0.25) is 5.02 Å². The van der Waals surface area contributed by atoms with Crippen LogP contribution >= 0.6 is 27.5 Å². The first-order valence-corrected chi connectivity index (χ1v) is 7.07. The number of ether oxygens (including phenoxy) is 1. The van der Waals surface area contributed by atoms with E-state index in [2.05, 4.69) is 31.0 Å². The summed E-state index contributed by atoms with van der Waals surface area (Å²) in [5.74, 6) is -0.0355. The van der Waals surface area contributed by atoms with Gasteiger partial charge in [-0.3, -0.25) is 0 Å². The number of carbonyl (C=O) groups excluding carboxylic acids is 1. The molecule has 0 aliphatic heterocycles. The Morgan fingerprint density at radius 2 is 2.19 bits per heavy atom. The smallest absolute Gasteiger partial charge is 0.383 e. The van der Waals surface area contributed by atoms with Gasteiger partial charge in [0.1, 0.15) is 5.75 Å². The Labute approximate surface area is 132 Å². The second-order valence-electron chi connectivity index (χ2n) is 4.20. The van der Waals surface area contributed by atoms with Gasteiger partial charge in [-0.25, -0.2) is 14.3 Å². The van der Waals surface area contributed by atoms with E-state index in [1.54, 1.807) is 30.5 Å². The highest BCUT2D eigenvalue weighted by Gasteiger charge is 2.18. The Morgan fingerprint density at radius 3 is 2.90 bits per heavy atom. The van der Waals surface area contributed by atoms with E-state index < -0.39 is 5.97 Å². The second-order valence-corrected chi connectivity index (χ2v) is 5.49. The van der Waals surface area contributed by atoms with Crippen molar-refractivity contribution in [2.24, 2.45) is 0 Å². The third-order valence-corrected chi connectivity index (χ3v) is 3.56. The molecule has 21 heavy (non-hydrogen) atoms. The summed E-state index contributed by atoms with van der Waals surface area (Å²) >= 11 is 9.11. The lowest BCUT2D eigenvalue weighted by molar-refractivity contribution is 0.0721. The normalized spacial score (nSPS) is 10.8. The van der Waals surface area contributed by atoms with Crippen LogP contribution in [-0.4, -0.2) is 25.6 Å². The molecule has 2 heterocycles. The predicted molar refractivity (Wildman–Crippen MR) is 79.6 cm³/mol. The van der Waals surface area contributed by atoms with Crippen molar-refractivity contribution in [3.8, 4) is 5.75 Å². The maximum atomic E-state index is 12.1. The summed E-state index contributed by atoms with van der Waals surface area (Å²) in [7, 11) is 0. The van der Waals surface area contributed by atoms with E-state index >= 15 is 0 Å². The molecular weight excluding hydrogens is 360 g/mol. The number of aryl methyl sites for hydroxylation is 1. The van der Waals surface area contributed by atoms with Gasteiger partial charge in [-0.05, 0) is 47.1 Å². The highest BCUT2D eigenvalue weighted by molar-refractivity contribution is 9.10. The van der Waals surface area contributed by atoms with Gasteiger partial charge in [0.15, 0.2) is 0 Å². The van der Waals surface area contributed by atoms with Crippen LogP contribution in [0.3, 0.4) is 0 Å². The molecular formula is C13H8BrClN4O2. The lowest BCUT2D eigenvalue weighted by Gasteiger charge is -2.04. The summed E-state index contributed by atoms with van der Waals surface area (Å²) in [5, 5.41) is 4.62. The molecule has 0 saturated carbocycles. The number of carbonyl (C=O) groups is 1. The second kappa shape index (κ2) is 5.42. The summed E-state index contributed by atoms with van der Waals surface area (Å²) in [6.07, 6.45) is 1.60. The van der Waals surface area contributed by atoms with Crippen molar-refractivity contribution in [3.63, 3.8) is 0 Å². The molecule has 0 fully saturated rings. The maximum absolute atomic E-state index is 12.1. The zero-order chi connectivity index (χ0) is 15.0. The van der Waals surface area contributed by atoms with Crippen LogP contribution in [0.5, 0.6) is 5.75 Å². The SMILES string of the molecule is Cc1ccnc2nc(C(=O)Oc3ccc(Cl)cc3Br)nn12. The van der Waals surface area contributed by atoms with Gasteiger partial charge in [0.25, 0.3) is 11.6 Å². The fraction of sp³-hybridized carbons (Fsp3) is 0.0769. The van der Waals surface area contributed by atoms with Crippen LogP contribution in [-0.2, 0) is 0 Å². The highest BCUT2D eigenvalue weighted by Crippen LogP contribution is 2.28. The maximum Gasteiger partial charge on any atom is 0.383 e. The molecule has 1 aromatic carbocycles. The summed E-state index contributed by atoms with van der Waals surface area (Å²) < 4.78 is 7.30. The highest BCUT2D eigenvalue weighted by atomic mass is 79.9. The Kier molecular flexibility index (Phi) is 3.60. The fourth-order valence-electron chi connectivity index (χ4n) is 1.70. The van der Waals surface area contributed by atoms with E-state index in [9.17, 15) is 4.79 Å². The Bertz CT molecular complexity index is 849. The lowest BCUT2D eigenvalue weighted by atomic mass is 10.3. The van der Waals surface area contributed by atoms with Gasteiger partial charge in [-0.1, -0.05) is 11.6 Å². The number of fused-ring (bicyclic) bond motifs is 1. The van der Waals surface area contributed by atoms with Crippen LogP contribution in [0, 0.1) is 6.92 Å². The van der Waals surface area contributed by atoms with E-state index in [0.29, 0.717) is 21.0 Å². The molecule has 2 aromatic heterocycles. The zero-order valence-corrected chi connectivity index (χ0v) is 13.1. The van der Waals surface area contributed by atoms with Crippen LogP contribution in [0.1, 0.15) is 16.3 Å². The Morgan fingerprint density at radius 1 is 1.38 bits per heavy atom. The average Bonchev–Trinajstić information content (AvgIpc) is 2.87. The Balaban J connectivity index is 1.92. The number of hydrogen-bond acceptors (Lipinski definition) is 5. The number of halogens is 2. The summed E-state index contributed by atoms with van der Waals surface area (Å²) in [4.78, 5) is 20.2. The fourth-order valence-corrected chi connectivity index (χ4v) is 2.46. The number of nitrogens with zero attached hydrogens (tertiary/aromatic N) is 4. The minimum Gasteiger partial charge on any atom is -0.419 e. The van der Waals surface area contributed by atoms with Crippen LogP contribution in [0.25, 0.3) is 5.78 Å². The molecule has 0 saturated heterocycles. The van der Waals surface area contributed by atoms with Gasteiger partial charge in [0.2, 0.25) is 0 Å². The van der Waals surface area contributed by atoms with Crippen molar-refractivity contribution < 1.29 is 9.53 Å². The summed E-state index contributed by atoms with van der Waals surface area (Å²) in [5.41, 5.74) is 0.819. The van der Waals surface area contributed by atoms with Gasteiger partial charge in [0, 0.05) is 16.9 Å². The molecule has 0 radical (unpaired) electrons. The van der Waals surface area contributed by atoms with Crippen molar-refractivity contribution in [2.45, 2.75) is 6.92 Å². The van der Waals surface area contributed by atoms with Gasteiger partial charge in [0.05, 0.1) is 4.47 Å². The quantitative estimate of drug-likeness (QED) is 0.514. The lowest BCUT2D eigenvalue weighted by Crippen LogP contribution is -2.11. The first-order chi connectivity index (χ1) is 10.0. The average molecular weight is 368 g/mol. The van der Waals surface area contributed by atoms with Gasteiger partial charge < -0.3 is 4.74 Å². The van der Waals surface area contributed by atoms with E-state index in [0.717, 1.165) is 5.69 Å². The number of esters is 1. The van der Waals surface area contributed by atoms with E-state index in [1.807, 2.05) is 6.92 Å². The van der Waals surface area contributed by atoms with Crippen molar-refractivity contribution in [3.05, 3.63) is 51.5 Å². The van der Waals surface area contributed by atoms with Crippen LogP contribution < -0.4 is 4.74 Å². The molecule has 0 amide bonds. The number of hydrogen-bond donors (Lipinski definition) is 0. The first-order valence-electron chi connectivity index (χ1n) is 5.90. The number of benzene rings is 1. The van der Waals surface area contributed by atoms with Gasteiger partial charge >= 0.3 is 5.97 Å². The van der Waals surface area contributed by atoms with E-state index in [1.165, 1.54) is 4.52 Å². The molecule has 0 spiro atoms. The van der Waals surface area contributed by atoms with Crippen molar-refractivity contribution in [2.75, 3.05) is 0 Å². The van der Waals surface area contributed by atoms with Gasteiger partial charge in [-0.15, -0.1) is 5.10 Å². The molecule has 0 atom stereocenters. The number of rotatable bonds is 2. The van der Waals surface area contributed by atoms with Crippen LogP contribution in [0.15, 0.2) is 34.9 Å². The largest absolute Gasteiger partial charge is 0.419 e. The molecule has 6 nitrogen and oxygen atoms in total. The van der Waals surface area contributed by atoms with Crippen molar-refractivity contribution in [1.29, 1.82) is 0 Å². The molecule has 0 aliphatic carbocycles. The van der Waals surface area contributed by atoms with E-state index in [-0.39, 0.29) is 5.82 Å². The molecule has 0 N–H and O–H groups in total. The molecule has 0 bridgehead atoms. The molecule has 3 rings (SSSR count). The minimum absolute atomic E-state index is 0.0568. The monoisotopic (exact) mass is 366 g/mol. The van der Waals surface area contributed by atoms with Crippen molar-refractivity contribution >= 4 is 39.3 Å². The number of aromatic nitrogens is 4.